The average molecular weight is 211 g/mol. The number of hydrogen-bond acceptors (Lipinski definition) is 2. The Morgan fingerprint density at radius 3 is 2.71 bits per heavy atom. The van der Waals surface area contributed by atoms with Gasteiger partial charge in [-0.2, -0.15) is 13.2 Å². The molecule has 14 heavy (non-hydrogen) atoms. The summed E-state index contributed by atoms with van der Waals surface area (Å²) < 4.78 is 40.5. The zero-order chi connectivity index (χ0) is 10.4. The summed E-state index contributed by atoms with van der Waals surface area (Å²) in [4.78, 5) is 0. The molecule has 1 atom stereocenters. The normalized spacial score (nSPS) is 22.9. The quantitative estimate of drug-likeness (QED) is 0.703. The van der Waals surface area contributed by atoms with Crippen LogP contribution in [0.4, 0.5) is 13.2 Å². The van der Waals surface area contributed by atoms with Gasteiger partial charge in [0.1, 0.15) is 0 Å². The van der Waals surface area contributed by atoms with Crippen molar-refractivity contribution in [2.24, 2.45) is 0 Å². The van der Waals surface area contributed by atoms with Crippen LogP contribution in [-0.2, 0) is 4.74 Å². The van der Waals surface area contributed by atoms with Crippen LogP contribution in [0.2, 0.25) is 0 Å². The van der Waals surface area contributed by atoms with Crippen LogP contribution in [0.25, 0.3) is 0 Å². The molecular weight excluding hydrogens is 195 g/mol. The Balaban J connectivity index is 1.89. The lowest BCUT2D eigenvalue weighted by Crippen LogP contribution is -2.27. The van der Waals surface area contributed by atoms with Crippen molar-refractivity contribution in [2.75, 3.05) is 19.7 Å². The number of alkyl halides is 3. The summed E-state index contributed by atoms with van der Waals surface area (Å²) in [7, 11) is 0. The van der Waals surface area contributed by atoms with Crippen LogP contribution >= 0.6 is 0 Å². The van der Waals surface area contributed by atoms with E-state index in [2.05, 4.69) is 5.32 Å². The molecule has 0 aromatic rings. The molecule has 0 spiro atoms. The number of halogens is 3. The van der Waals surface area contributed by atoms with Gasteiger partial charge in [0.2, 0.25) is 0 Å². The fourth-order valence-corrected chi connectivity index (χ4v) is 1.48. The fraction of sp³-hybridized carbons (Fsp3) is 1.00. The summed E-state index contributed by atoms with van der Waals surface area (Å²) >= 11 is 0. The molecule has 1 rings (SSSR count). The summed E-state index contributed by atoms with van der Waals surface area (Å²) in [6.45, 7) is 1.88. The minimum atomic E-state index is -4.02. The maximum atomic E-state index is 11.7. The molecule has 1 N–H and O–H groups in total. The van der Waals surface area contributed by atoms with E-state index in [0.717, 1.165) is 19.4 Å². The van der Waals surface area contributed by atoms with Crippen LogP contribution in [0.5, 0.6) is 0 Å². The van der Waals surface area contributed by atoms with Gasteiger partial charge in [-0.1, -0.05) is 0 Å². The van der Waals surface area contributed by atoms with Crippen molar-refractivity contribution in [1.82, 2.24) is 5.32 Å². The second-order valence-corrected chi connectivity index (χ2v) is 3.56. The number of ether oxygens (including phenoxy) is 1. The maximum absolute atomic E-state index is 11.7. The van der Waals surface area contributed by atoms with Crippen LogP contribution < -0.4 is 5.32 Å². The van der Waals surface area contributed by atoms with E-state index in [9.17, 15) is 13.2 Å². The zero-order valence-electron chi connectivity index (χ0n) is 8.07. The molecule has 0 aromatic heterocycles. The molecule has 0 saturated carbocycles. The van der Waals surface area contributed by atoms with Crippen LogP contribution in [0.3, 0.4) is 0 Å². The van der Waals surface area contributed by atoms with Crippen LogP contribution in [0, 0.1) is 0 Å². The van der Waals surface area contributed by atoms with Crippen molar-refractivity contribution < 1.29 is 17.9 Å². The van der Waals surface area contributed by atoms with Crippen molar-refractivity contribution in [1.29, 1.82) is 0 Å². The van der Waals surface area contributed by atoms with E-state index in [1.54, 1.807) is 0 Å². The molecule has 0 amide bonds. The number of hydrogen-bond donors (Lipinski definition) is 1. The standard InChI is InChI=1S/C9H16F3NO/c10-9(11,12)4-2-5-13-7-8-3-1-6-14-8/h8,13H,1-7H2. The maximum Gasteiger partial charge on any atom is 0.389 e. The molecular formula is C9H16F3NO. The van der Waals surface area contributed by atoms with Crippen LogP contribution in [0.1, 0.15) is 25.7 Å². The van der Waals surface area contributed by atoms with E-state index in [1.165, 1.54) is 0 Å². The third-order valence-electron chi connectivity index (χ3n) is 2.21. The Labute approximate surface area is 81.8 Å². The van der Waals surface area contributed by atoms with Gasteiger partial charge in [0.25, 0.3) is 0 Å². The van der Waals surface area contributed by atoms with Crippen LogP contribution in [0.15, 0.2) is 0 Å². The highest BCUT2D eigenvalue weighted by atomic mass is 19.4. The van der Waals surface area contributed by atoms with Gasteiger partial charge in [0.05, 0.1) is 6.10 Å². The molecule has 84 valence electrons. The molecule has 1 aliphatic heterocycles. The first-order chi connectivity index (χ1) is 6.58. The van der Waals surface area contributed by atoms with E-state index in [1.807, 2.05) is 0 Å². The topological polar surface area (TPSA) is 21.3 Å². The summed E-state index contributed by atoms with van der Waals surface area (Å²) in [5.74, 6) is 0. The molecule has 1 aliphatic rings. The first-order valence-electron chi connectivity index (χ1n) is 4.97. The SMILES string of the molecule is FC(F)(F)CCCNCC1CCCO1. The molecule has 1 unspecified atom stereocenters. The minimum absolute atomic E-state index is 0.149. The van der Waals surface area contributed by atoms with E-state index in [4.69, 9.17) is 4.74 Å². The van der Waals surface area contributed by atoms with Crippen molar-refractivity contribution >= 4 is 0 Å². The van der Waals surface area contributed by atoms with Gasteiger partial charge in [0, 0.05) is 19.6 Å². The lowest BCUT2D eigenvalue weighted by Gasteiger charge is -2.11. The highest BCUT2D eigenvalue weighted by Gasteiger charge is 2.25. The average Bonchev–Trinajstić information content (AvgIpc) is 2.54. The summed E-state index contributed by atoms with van der Waals surface area (Å²) in [6, 6.07) is 0. The fourth-order valence-electron chi connectivity index (χ4n) is 1.48. The first kappa shape index (κ1) is 11.8. The van der Waals surface area contributed by atoms with Gasteiger partial charge < -0.3 is 10.1 Å². The smallest absolute Gasteiger partial charge is 0.377 e. The zero-order valence-corrected chi connectivity index (χ0v) is 8.07. The number of nitrogens with one attached hydrogen (secondary N) is 1. The molecule has 5 heteroatoms. The predicted molar refractivity (Wildman–Crippen MR) is 47.1 cm³/mol. The van der Waals surface area contributed by atoms with E-state index in [-0.39, 0.29) is 12.5 Å². The second kappa shape index (κ2) is 5.56. The second-order valence-electron chi connectivity index (χ2n) is 3.56. The Morgan fingerprint density at radius 1 is 1.36 bits per heavy atom. The highest BCUT2D eigenvalue weighted by Crippen LogP contribution is 2.20. The molecule has 0 bridgehead atoms. The van der Waals surface area contributed by atoms with Crippen molar-refractivity contribution in [3.05, 3.63) is 0 Å². The highest BCUT2D eigenvalue weighted by molar-refractivity contribution is 4.67. The first-order valence-corrected chi connectivity index (χ1v) is 4.97. The molecule has 1 fully saturated rings. The Bertz CT molecular complexity index is 155. The Hall–Kier alpha value is -0.290. The van der Waals surface area contributed by atoms with Gasteiger partial charge in [-0.15, -0.1) is 0 Å². The van der Waals surface area contributed by atoms with Gasteiger partial charge in [-0.25, -0.2) is 0 Å². The van der Waals surface area contributed by atoms with Gasteiger partial charge in [-0.3, -0.25) is 0 Å². The van der Waals surface area contributed by atoms with Crippen molar-refractivity contribution in [3.63, 3.8) is 0 Å². The van der Waals surface area contributed by atoms with E-state index >= 15 is 0 Å². The van der Waals surface area contributed by atoms with Crippen LogP contribution in [-0.4, -0.2) is 32.0 Å². The molecule has 1 saturated heterocycles. The number of rotatable bonds is 5. The van der Waals surface area contributed by atoms with E-state index in [0.29, 0.717) is 13.1 Å². The van der Waals surface area contributed by atoms with Crippen molar-refractivity contribution in [3.8, 4) is 0 Å². The minimum Gasteiger partial charge on any atom is -0.377 e. The van der Waals surface area contributed by atoms with E-state index < -0.39 is 12.6 Å². The largest absolute Gasteiger partial charge is 0.389 e. The van der Waals surface area contributed by atoms with Gasteiger partial charge in [-0.05, 0) is 25.8 Å². The predicted octanol–water partition coefficient (Wildman–Crippen LogP) is 2.10. The third kappa shape index (κ3) is 5.44. The molecule has 0 aliphatic carbocycles. The lowest BCUT2D eigenvalue weighted by atomic mass is 10.2. The molecule has 2 nitrogen and oxygen atoms in total. The molecule has 1 heterocycles. The summed E-state index contributed by atoms with van der Waals surface area (Å²) in [5.41, 5.74) is 0. The van der Waals surface area contributed by atoms with Crippen molar-refractivity contribution in [2.45, 2.75) is 38.0 Å². The molecule has 0 radical (unpaired) electrons. The summed E-state index contributed by atoms with van der Waals surface area (Å²) in [6.07, 6.45) is -2.28. The summed E-state index contributed by atoms with van der Waals surface area (Å²) in [5, 5.41) is 2.97. The Morgan fingerprint density at radius 2 is 2.14 bits per heavy atom. The lowest BCUT2D eigenvalue weighted by molar-refractivity contribution is -0.135. The van der Waals surface area contributed by atoms with Gasteiger partial charge >= 0.3 is 6.18 Å². The Kier molecular flexibility index (Phi) is 4.68. The third-order valence-corrected chi connectivity index (χ3v) is 2.21. The van der Waals surface area contributed by atoms with Gasteiger partial charge in [0.15, 0.2) is 0 Å². The monoisotopic (exact) mass is 211 g/mol. The molecule has 0 aromatic carbocycles.